The number of hydrogen-bond donors (Lipinski definition) is 2. The van der Waals surface area contributed by atoms with Gasteiger partial charge in [0, 0.05) is 23.3 Å². The summed E-state index contributed by atoms with van der Waals surface area (Å²) < 4.78 is 0. The normalized spacial score (nSPS) is 19.8. The molecule has 2 rings (SSSR count). The van der Waals surface area contributed by atoms with Gasteiger partial charge in [-0.1, -0.05) is 0 Å². The highest BCUT2D eigenvalue weighted by Gasteiger charge is 2.28. The Labute approximate surface area is 122 Å². The minimum Gasteiger partial charge on any atom is -0.396 e. The van der Waals surface area contributed by atoms with E-state index in [2.05, 4.69) is 16.8 Å². The van der Waals surface area contributed by atoms with Crippen molar-refractivity contribution in [1.82, 2.24) is 5.32 Å². The molecule has 1 aliphatic rings. The molecule has 19 heavy (non-hydrogen) atoms. The lowest BCUT2D eigenvalue weighted by atomic mass is 9.87. The largest absolute Gasteiger partial charge is 0.396 e. The molecular weight excluding hydrogens is 278 g/mol. The molecule has 3 nitrogen and oxygen atoms in total. The highest BCUT2D eigenvalue weighted by Crippen LogP contribution is 2.35. The van der Waals surface area contributed by atoms with Crippen molar-refractivity contribution in [2.45, 2.75) is 37.6 Å². The molecule has 2 unspecified atom stereocenters. The molecular formula is C14H21NO2S2. The molecule has 1 aromatic rings. The average molecular weight is 299 g/mol. The molecule has 0 radical (unpaired) electrons. The minimum atomic E-state index is 0.0121. The molecule has 0 fully saturated rings. The van der Waals surface area contributed by atoms with Gasteiger partial charge < -0.3 is 10.4 Å². The summed E-state index contributed by atoms with van der Waals surface area (Å²) in [6, 6.07) is 2.18. The molecule has 0 saturated carbocycles. The Kier molecular flexibility index (Phi) is 5.73. The first-order chi connectivity index (χ1) is 9.26. The van der Waals surface area contributed by atoms with Crippen LogP contribution in [0.15, 0.2) is 11.4 Å². The van der Waals surface area contributed by atoms with E-state index in [1.54, 1.807) is 23.1 Å². The zero-order valence-corrected chi connectivity index (χ0v) is 12.9. The first-order valence-corrected chi connectivity index (χ1v) is 9.00. The maximum Gasteiger partial charge on any atom is 0.227 e. The van der Waals surface area contributed by atoms with Crippen molar-refractivity contribution in [2.24, 2.45) is 0 Å². The molecule has 0 aromatic carbocycles. The number of hydrogen-bond acceptors (Lipinski definition) is 4. The van der Waals surface area contributed by atoms with Crippen LogP contribution in [0.25, 0.3) is 0 Å². The molecule has 2 atom stereocenters. The van der Waals surface area contributed by atoms with Crippen molar-refractivity contribution in [3.63, 3.8) is 0 Å². The highest BCUT2D eigenvalue weighted by atomic mass is 32.2. The maximum absolute atomic E-state index is 12.4. The number of aryl methyl sites for hydroxylation is 1. The SMILES string of the molecule is CSCC(CCO)NC(=O)C1CCCc2sccc21. The Morgan fingerprint density at radius 3 is 3.26 bits per heavy atom. The summed E-state index contributed by atoms with van der Waals surface area (Å²) in [4.78, 5) is 13.8. The summed E-state index contributed by atoms with van der Waals surface area (Å²) in [7, 11) is 0. The predicted molar refractivity (Wildman–Crippen MR) is 82.0 cm³/mol. The number of amides is 1. The van der Waals surface area contributed by atoms with Crippen molar-refractivity contribution in [1.29, 1.82) is 0 Å². The minimum absolute atomic E-state index is 0.0121. The van der Waals surface area contributed by atoms with Crippen LogP contribution in [-0.2, 0) is 11.2 Å². The van der Waals surface area contributed by atoms with Gasteiger partial charge in [-0.2, -0.15) is 11.8 Å². The number of carbonyl (C=O) groups is 1. The van der Waals surface area contributed by atoms with E-state index in [-0.39, 0.29) is 24.5 Å². The Bertz CT molecular complexity index is 413. The van der Waals surface area contributed by atoms with Crippen LogP contribution in [0.4, 0.5) is 0 Å². The summed E-state index contributed by atoms with van der Waals surface area (Å²) in [6.07, 6.45) is 5.81. The number of thioether (sulfide) groups is 1. The second-order valence-electron chi connectivity index (χ2n) is 4.92. The molecule has 106 valence electrons. The van der Waals surface area contributed by atoms with Gasteiger partial charge in [-0.05, 0) is 48.9 Å². The van der Waals surface area contributed by atoms with E-state index in [9.17, 15) is 4.79 Å². The number of thiophene rings is 1. The number of nitrogens with one attached hydrogen (secondary N) is 1. The van der Waals surface area contributed by atoms with Crippen LogP contribution in [0.1, 0.15) is 35.6 Å². The fourth-order valence-electron chi connectivity index (χ4n) is 2.61. The zero-order valence-electron chi connectivity index (χ0n) is 11.2. The molecule has 2 N–H and O–H groups in total. The van der Waals surface area contributed by atoms with E-state index in [4.69, 9.17) is 5.11 Å². The van der Waals surface area contributed by atoms with Crippen LogP contribution >= 0.6 is 23.1 Å². The molecule has 0 spiro atoms. The number of fused-ring (bicyclic) bond motifs is 1. The standard InChI is InChI=1S/C14H21NO2S2/c1-18-9-10(5-7-16)15-14(17)12-3-2-4-13-11(12)6-8-19-13/h6,8,10,12,16H,2-5,7,9H2,1H3,(H,15,17). The van der Waals surface area contributed by atoms with Gasteiger partial charge in [0.25, 0.3) is 0 Å². The Balaban J connectivity index is 2.00. The molecule has 1 aromatic heterocycles. The predicted octanol–water partition coefficient (Wildman–Crippen LogP) is 2.40. The lowest BCUT2D eigenvalue weighted by Gasteiger charge is -2.25. The number of aliphatic hydroxyl groups is 1. The zero-order chi connectivity index (χ0) is 13.7. The van der Waals surface area contributed by atoms with E-state index >= 15 is 0 Å². The van der Waals surface area contributed by atoms with Crippen molar-refractivity contribution < 1.29 is 9.90 Å². The van der Waals surface area contributed by atoms with Gasteiger partial charge in [-0.25, -0.2) is 0 Å². The first kappa shape index (κ1) is 14.9. The van der Waals surface area contributed by atoms with E-state index in [0.29, 0.717) is 6.42 Å². The van der Waals surface area contributed by atoms with Crippen molar-refractivity contribution in [2.75, 3.05) is 18.6 Å². The summed E-state index contributed by atoms with van der Waals surface area (Å²) in [5.41, 5.74) is 1.22. The van der Waals surface area contributed by atoms with Gasteiger partial charge in [0.1, 0.15) is 0 Å². The Morgan fingerprint density at radius 2 is 2.53 bits per heavy atom. The van der Waals surface area contributed by atoms with Gasteiger partial charge in [0.2, 0.25) is 5.91 Å². The third kappa shape index (κ3) is 3.74. The van der Waals surface area contributed by atoms with Crippen LogP contribution in [0.5, 0.6) is 0 Å². The van der Waals surface area contributed by atoms with Crippen LogP contribution in [0.2, 0.25) is 0 Å². The Morgan fingerprint density at radius 1 is 1.68 bits per heavy atom. The van der Waals surface area contributed by atoms with Gasteiger partial charge in [0.15, 0.2) is 0 Å². The fourth-order valence-corrected chi connectivity index (χ4v) is 4.25. The van der Waals surface area contributed by atoms with Crippen LogP contribution < -0.4 is 5.32 Å². The van der Waals surface area contributed by atoms with E-state index in [1.807, 2.05) is 6.26 Å². The average Bonchev–Trinajstić information content (AvgIpc) is 2.87. The van der Waals surface area contributed by atoms with Crippen LogP contribution in [0.3, 0.4) is 0 Å². The fraction of sp³-hybridized carbons (Fsp3) is 0.643. The molecule has 1 aliphatic carbocycles. The monoisotopic (exact) mass is 299 g/mol. The lowest BCUT2D eigenvalue weighted by molar-refractivity contribution is -0.123. The van der Waals surface area contributed by atoms with Crippen LogP contribution in [0, 0.1) is 0 Å². The third-order valence-electron chi connectivity index (χ3n) is 3.56. The van der Waals surface area contributed by atoms with Gasteiger partial charge >= 0.3 is 0 Å². The molecule has 0 aliphatic heterocycles. The number of rotatable bonds is 6. The smallest absolute Gasteiger partial charge is 0.227 e. The summed E-state index contributed by atoms with van der Waals surface area (Å²) in [5.74, 6) is 1.00. The molecule has 1 amide bonds. The second kappa shape index (κ2) is 7.31. The van der Waals surface area contributed by atoms with Gasteiger partial charge in [-0.3, -0.25) is 4.79 Å². The summed E-state index contributed by atoms with van der Waals surface area (Å²) in [6.45, 7) is 0.125. The molecule has 5 heteroatoms. The van der Waals surface area contributed by atoms with E-state index in [0.717, 1.165) is 25.0 Å². The molecule has 0 saturated heterocycles. The van der Waals surface area contributed by atoms with Crippen LogP contribution in [-0.4, -0.2) is 35.7 Å². The van der Waals surface area contributed by atoms with Gasteiger partial charge in [0.05, 0.1) is 5.92 Å². The molecule has 1 heterocycles. The quantitative estimate of drug-likeness (QED) is 0.848. The van der Waals surface area contributed by atoms with E-state index in [1.165, 1.54) is 10.4 Å². The third-order valence-corrected chi connectivity index (χ3v) is 5.29. The highest BCUT2D eigenvalue weighted by molar-refractivity contribution is 7.98. The maximum atomic E-state index is 12.4. The Hall–Kier alpha value is -0.520. The lowest BCUT2D eigenvalue weighted by Crippen LogP contribution is -2.40. The topological polar surface area (TPSA) is 49.3 Å². The van der Waals surface area contributed by atoms with Crippen molar-refractivity contribution in [3.8, 4) is 0 Å². The summed E-state index contributed by atoms with van der Waals surface area (Å²) in [5, 5.41) is 14.2. The summed E-state index contributed by atoms with van der Waals surface area (Å²) >= 11 is 3.46. The first-order valence-electron chi connectivity index (χ1n) is 6.72. The number of aliphatic hydroxyl groups excluding tert-OH is 1. The van der Waals surface area contributed by atoms with Crippen molar-refractivity contribution >= 4 is 29.0 Å². The molecule has 0 bridgehead atoms. The van der Waals surface area contributed by atoms with Gasteiger partial charge in [-0.15, -0.1) is 11.3 Å². The second-order valence-corrected chi connectivity index (χ2v) is 6.83. The number of carbonyl (C=O) groups excluding carboxylic acids is 1. The van der Waals surface area contributed by atoms with E-state index < -0.39 is 0 Å². The van der Waals surface area contributed by atoms with Crippen molar-refractivity contribution in [3.05, 3.63) is 21.9 Å².